The molecule has 3 aromatic carbocycles. The van der Waals surface area contributed by atoms with Crippen molar-refractivity contribution in [2.24, 2.45) is 10.4 Å². The van der Waals surface area contributed by atoms with E-state index in [9.17, 15) is 0 Å². The highest BCUT2D eigenvalue weighted by atomic mass is 19.1. The number of halogens is 1. The summed E-state index contributed by atoms with van der Waals surface area (Å²) < 4.78 is 15.1. The highest BCUT2D eigenvalue weighted by molar-refractivity contribution is 6.14. The van der Waals surface area contributed by atoms with Gasteiger partial charge in [0.2, 0.25) is 0 Å². The highest BCUT2D eigenvalue weighted by Crippen LogP contribution is 2.44. The Balaban J connectivity index is 1.47. The third-order valence-electron chi connectivity index (χ3n) is 10.8. The molecule has 3 aliphatic rings. The number of nitrogens with two attached hydrogens (primary N) is 1. The van der Waals surface area contributed by atoms with Gasteiger partial charge in [0, 0.05) is 60.5 Å². The molecular weight excluding hydrogens is 571 g/mol. The quantitative estimate of drug-likeness (QED) is 0.137. The normalized spacial score (nSPS) is 19.3. The third-order valence-corrected chi connectivity index (χ3v) is 10.8. The maximum atomic E-state index is 15.1. The van der Waals surface area contributed by atoms with Gasteiger partial charge in [0.1, 0.15) is 17.5 Å². The predicted octanol–water partition coefficient (Wildman–Crippen LogP) is 7.70. The van der Waals surface area contributed by atoms with E-state index in [0.717, 1.165) is 82.5 Å². The van der Waals surface area contributed by atoms with Crippen LogP contribution >= 0.6 is 0 Å². The smallest absolute Gasteiger partial charge is 0.140 e. The molecular formula is C39H45FN6. The van der Waals surface area contributed by atoms with Crippen molar-refractivity contribution < 1.29 is 4.39 Å². The van der Waals surface area contributed by atoms with E-state index in [2.05, 4.69) is 46.7 Å². The molecule has 1 aromatic heterocycles. The summed E-state index contributed by atoms with van der Waals surface area (Å²) in [5.74, 6) is 4.02. The number of fused-ring (bicyclic) bond motifs is 3. The summed E-state index contributed by atoms with van der Waals surface area (Å²) in [6.45, 7) is 11.0. The van der Waals surface area contributed by atoms with Crippen LogP contribution in [-0.2, 0) is 6.42 Å². The number of nitrogen functional groups attached to an aromatic ring is 1. The number of aromatic nitrogens is 2. The zero-order chi connectivity index (χ0) is 32.2. The molecule has 0 saturated carbocycles. The van der Waals surface area contributed by atoms with Gasteiger partial charge in [0.15, 0.2) is 0 Å². The van der Waals surface area contributed by atoms with E-state index in [1.165, 1.54) is 51.3 Å². The van der Waals surface area contributed by atoms with E-state index in [4.69, 9.17) is 22.1 Å². The number of rotatable bonds is 6. The van der Waals surface area contributed by atoms with Gasteiger partial charge in [-0.25, -0.2) is 14.4 Å². The first-order chi connectivity index (χ1) is 22.1. The van der Waals surface area contributed by atoms with Crippen molar-refractivity contribution >= 4 is 39.4 Å². The minimum absolute atomic E-state index is 0.170. The Morgan fingerprint density at radius 2 is 1.78 bits per heavy atom. The molecule has 3 fully saturated rings. The number of benzene rings is 3. The largest absolute Gasteiger partial charge is 0.398 e. The third kappa shape index (κ3) is 5.21. The fourth-order valence-electron chi connectivity index (χ4n) is 8.72. The van der Waals surface area contributed by atoms with Gasteiger partial charge in [-0.3, -0.25) is 9.89 Å². The van der Waals surface area contributed by atoms with Crippen LogP contribution in [0.25, 0.3) is 32.8 Å². The van der Waals surface area contributed by atoms with Crippen LogP contribution in [0.5, 0.6) is 0 Å². The summed E-state index contributed by atoms with van der Waals surface area (Å²) in [5, 5.41) is 2.49. The van der Waals surface area contributed by atoms with Crippen molar-refractivity contribution in [2.45, 2.75) is 77.7 Å². The number of anilines is 2. The summed E-state index contributed by atoms with van der Waals surface area (Å²) in [5.41, 5.74) is 12.6. The van der Waals surface area contributed by atoms with Crippen molar-refractivity contribution in [3.05, 3.63) is 58.7 Å². The summed E-state index contributed by atoms with van der Waals surface area (Å²) in [7, 11) is 1.76. The number of nitrogens with zero attached hydrogens (tertiary/aromatic N) is 5. The first-order valence-electron chi connectivity index (χ1n) is 16.9. The molecule has 0 atom stereocenters. The van der Waals surface area contributed by atoms with Crippen LogP contribution in [0, 0.1) is 30.5 Å². The fraction of sp³-hybridized carbons (Fsp3) is 0.462. The van der Waals surface area contributed by atoms with Gasteiger partial charge in [-0.2, -0.15) is 0 Å². The van der Waals surface area contributed by atoms with E-state index in [1.807, 2.05) is 19.2 Å². The molecule has 2 N–H and O–H groups in total. The standard InChI is InChI=1S/C39H45FN6/c1-6-27-31(40)11-10-26-20-25(2)21-28(34(26)27)29-22-32-35(30(23-42-5)36(29)41)37(45-17-7-13-38(3,4)24-45)44-33(43-32)12-16-39-14-8-18-46(39)19-9-15-39/h1,10-11,20-23H,7-9,12-19,24,41H2,2-5H3. The summed E-state index contributed by atoms with van der Waals surface area (Å²) >= 11 is 0. The lowest BCUT2D eigenvalue weighted by Crippen LogP contribution is -2.41. The fourth-order valence-corrected chi connectivity index (χ4v) is 8.72. The molecule has 6 nitrogen and oxygen atoms in total. The van der Waals surface area contributed by atoms with Crippen molar-refractivity contribution in [1.82, 2.24) is 14.9 Å². The highest BCUT2D eigenvalue weighted by Gasteiger charge is 2.43. The van der Waals surface area contributed by atoms with Crippen LogP contribution in [-0.4, -0.2) is 59.8 Å². The van der Waals surface area contributed by atoms with Crippen molar-refractivity contribution in [3.8, 4) is 23.5 Å². The Morgan fingerprint density at radius 1 is 1.02 bits per heavy atom. The van der Waals surface area contributed by atoms with Crippen molar-refractivity contribution in [1.29, 1.82) is 0 Å². The average molecular weight is 617 g/mol. The monoisotopic (exact) mass is 616 g/mol. The maximum Gasteiger partial charge on any atom is 0.140 e. The van der Waals surface area contributed by atoms with Crippen LogP contribution in [0.2, 0.25) is 0 Å². The molecule has 0 radical (unpaired) electrons. The van der Waals surface area contributed by atoms with Crippen LogP contribution in [0.4, 0.5) is 15.9 Å². The average Bonchev–Trinajstić information content (AvgIpc) is 3.61. The molecule has 0 spiro atoms. The zero-order valence-electron chi connectivity index (χ0n) is 27.7. The van der Waals surface area contributed by atoms with Crippen LogP contribution < -0.4 is 10.6 Å². The van der Waals surface area contributed by atoms with E-state index in [1.54, 1.807) is 13.1 Å². The number of terminal acetylenes is 1. The Bertz CT molecular complexity index is 1910. The molecule has 4 heterocycles. The Hall–Kier alpha value is -4.02. The van der Waals surface area contributed by atoms with E-state index < -0.39 is 5.82 Å². The number of hydrogen-bond acceptors (Lipinski definition) is 6. The number of aliphatic imine (C=N–C) groups is 1. The molecule has 0 aliphatic carbocycles. The molecule has 7 heteroatoms. The van der Waals surface area contributed by atoms with Gasteiger partial charge in [0.25, 0.3) is 0 Å². The summed E-state index contributed by atoms with van der Waals surface area (Å²) in [6.07, 6.45) is 17.0. The van der Waals surface area contributed by atoms with Crippen LogP contribution in [0.3, 0.4) is 0 Å². The second-order valence-corrected chi connectivity index (χ2v) is 14.6. The van der Waals surface area contributed by atoms with E-state index in [-0.39, 0.29) is 16.5 Å². The van der Waals surface area contributed by atoms with Crippen molar-refractivity contribution in [3.63, 3.8) is 0 Å². The predicted molar refractivity (Wildman–Crippen MR) is 189 cm³/mol. The summed E-state index contributed by atoms with van der Waals surface area (Å²) in [4.78, 5) is 20.2. The number of piperidine rings is 1. The number of hydrogen-bond donors (Lipinski definition) is 1. The van der Waals surface area contributed by atoms with Gasteiger partial charge in [-0.15, -0.1) is 6.42 Å². The lowest BCUT2D eigenvalue weighted by atomic mass is 9.84. The first-order valence-corrected chi connectivity index (χ1v) is 16.9. The minimum Gasteiger partial charge on any atom is -0.398 e. The van der Waals surface area contributed by atoms with Gasteiger partial charge in [0.05, 0.1) is 16.5 Å². The van der Waals surface area contributed by atoms with Gasteiger partial charge < -0.3 is 10.6 Å². The van der Waals surface area contributed by atoms with E-state index in [0.29, 0.717) is 11.1 Å². The molecule has 4 aromatic rings. The lowest BCUT2D eigenvalue weighted by Gasteiger charge is -2.39. The maximum absolute atomic E-state index is 15.1. The minimum atomic E-state index is -0.415. The van der Waals surface area contributed by atoms with E-state index >= 15 is 4.39 Å². The molecule has 238 valence electrons. The molecule has 3 aliphatic heterocycles. The molecule has 0 unspecified atom stereocenters. The number of aryl methyl sites for hydroxylation is 2. The van der Waals surface area contributed by atoms with Crippen LogP contribution in [0.1, 0.15) is 81.3 Å². The lowest BCUT2D eigenvalue weighted by molar-refractivity contribution is 0.182. The second kappa shape index (κ2) is 11.7. The summed E-state index contributed by atoms with van der Waals surface area (Å²) in [6, 6.07) is 9.41. The zero-order valence-corrected chi connectivity index (χ0v) is 27.7. The van der Waals surface area contributed by atoms with Crippen LogP contribution in [0.15, 0.2) is 35.3 Å². The Labute approximate surface area is 272 Å². The van der Waals surface area contributed by atoms with Gasteiger partial charge in [-0.1, -0.05) is 38.0 Å². The molecule has 0 bridgehead atoms. The van der Waals surface area contributed by atoms with Gasteiger partial charge in [-0.05, 0) is 99.0 Å². The first kappa shape index (κ1) is 30.6. The molecule has 0 amide bonds. The van der Waals surface area contributed by atoms with Crippen molar-refractivity contribution in [2.75, 3.05) is 43.9 Å². The topological polar surface area (TPSA) is 70.6 Å². The second-order valence-electron chi connectivity index (χ2n) is 14.6. The Kier molecular flexibility index (Phi) is 7.76. The molecule has 3 saturated heterocycles. The molecule has 7 rings (SSSR count). The Morgan fingerprint density at radius 3 is 2.50 bits per heavy atom. The van der Waals surface area contributed by atoms with Gasteiger partial charge >= 0.3 is 0 Å². The SMILES string of the molecule is C#Cc1c(F)ccc2cc(C)cc(-c3cc4nc(CCC56CCCN5CCC6)nc(N5CCCC(C)(C)C5)c4c(C=NC)c3N)c12. The molecule has 46 heavy (non-hydrogen) atoms.